The average Bonchev–Trinajstić information content (AvgIpc) is 3.47. The first-order valence-electron chi connectivity index (χ1n) is 13.4. The van der Waals surface area contributed by atoms with Crippen molar-refractivity contribution in [2.75, 3.05) is 57.2 Å². The quantitative estimate of drug-likeness (QED) is 0.280. The zero-order valence-electron chi connectivity index (χ0n) is 23.0. The number of β-lactam (4-membered cyclic amide) rings is 1. The predicted octanol–water partition coefficient (Wildman–Crippen LogP) is 1.57. The number of ether oxygens (including phenoxy) is 1. The van der Waals surface area contributed by atoms with Crippen LogP contribution in [0.1, 0.15) is 10.4 Å². The van der Waals surface area contributed by atoms with Crippen molar-refractivity contribution in [2.45, 2.75) is 6.04 Å². The van der Waals surface area contributed by atoms with Gasteiger partial charge >= 0.3 is 6.03 Å². The van der Waals surface area contributed by atoms with Crippen molar-refractivity contribution in [3.63, 3.8) is 0 Å². The average molecular weight is 572 g/mol. The number of nitrogens with one attached hydrogen (secondary N) is 3. The summed E-state index contributed by atoms with van der Waals surface area (Å²) in [5.41, 5.74) is 3.12. The molecule has 2 aromatic heterocycles. The molecule has 6 rings (SSSR count). The number of carbonyl (C=O) groups is 3. The van der Waals surface area contributed by atoms with E-state index in [0.29, 0.717) is 61.3 Å². The van der Waals surface area contributed by atoms with Crippen molar-refractivity contribution in [1.29, 1.82) is 0 Å². The number of hydrogen-bond acceptors (Lipinski definition) is 9. The van der Waals surface area contributed by atoms with Gasteiger partial charge in [-0.05, 0) is 48.5 Å². The number of hydrogen-bond donors (Lipinski definition) is 3. The Bertz CT molecular complexity index is 1630. The molecule has 14 heteroatoms. The lowest BCUT2D eigenvalue weighted by molar-refractivity contribution is -0.202. The molecule has 2 aliphatic rings. The van der Waals surface area contributed by atoms with E-state index in [0.717, 1.165) is 16.8 Å². The fourth-order valence-electron chi connectivity index (χ4n) is 4.79. The molecule has 216 valence electrons. The molecule has 2 saturated heterocycles. The van der Waals surface area contributed by atoms with E-state index < -0.39 is 6.04 Å². The number of carbonyl (C=O) groups excluding carboxylic acids is 3. The molecule has 0 unspecified atom stereocenters. The van der Waals surface area contributed by atoms with Crippen molar-refractivity contribution < 1.29 is 24.0 Å². The summed E-state index contributed by atoms with van der Waals surface area (Å²) in [6.45, 7) is 2.85. The summed E-state index contributed by atoms with van der Waals surface area (Å²) in [7, 11) is 2.97. The maximum Gasteiger partial charge on any atom is 0.318 e. The summed E-state index contributed by atoms with van der Waals surface area (Å²) >= 11 is 0. The highest BCUT2D eigenvalue weighted by Gasteiger charge is 2.38. The Hall–Kier alpha value is -5.08. The second-order valence-corrected chi connectivity index (χ2v) is 9.70. The van der Waals surface area contributed by atoms with Crippen LogP contribution in [-0.4, -0.2) is 95.7 Å². The van der Waals surface area contributed by atoms with E-state index in [1.54, 1.807) is 54.3 Å². The molecule has 0 radical (unpaired) electrons. The standard InChI is InChI=1S/C28H29N9O5/c1-29-28(40)31-19-7-3-17(4-8-19)23-33-24(35-11-13-42-14-12-35)21-15-30-37(25(21)34-23)20-9-5-18(6-10-20)26(38)32-22-16-36(41-2)27(22)39/h3-10,15,22H,11-14,16H2,1-2H3,(H,32,38)(H2,29,31,40)/t22-/m1/s1. The lowest BCUT2D eigenvalue weighted by atomic mass is 10.1. The third-order valence-corrected chi connectivity index (χ3v) is 7.14. The van der Waals surface area contributed by atoms with Crippen LogP contribution in [0.5, 0.6) is 0 Å². The van der Waals surface area contributed by atoms with Gasteiger partial charge in [-0.2, -0.15) is 5.10 Å². The van der Waals surface area contributed by atoms with Crippen LogP contribution in [-0.2, 0) is 14.4 Å². The molecule has 1 atom stereocenters. The number of aromatic nitrogens is 4. The van der Waals surface area contributed by atoms with Gasteiger partial charge in [0.15, 0.2) is 11.5 Å². The summed E-state index contributed by atoms with van der Waals surface area (Å²) in [5.74, 6) is 0.621. The number of morpholine rings is 1. The molecule has 42 heavy (non-hydrogen) atoms. The number of hydroxylamine groups is 2. The number of nitrogens with zero attached hydrogens (tertiary/aromatic N) is 6. The second-order valence-electron chi connectivity index (χ2n) is 9.70. The molecule has 14 nitrogen and oxygen atoms in total. The van der Waals surface area contributed by atoms with E-state index in [9.17, 15) is 14.4 Å². The third kappa shape index (κ3) is 5.20. The Morgan fingerprint density at radius 1 is 1.02 bits per heavy atom. The van der Waals surface area contributed by atoms with E-state index in [2.05, 4.69) is 25.9 Å². The molecular weight excluding hydrogens is 542 g/mol. The summed E-state index contributed by atoms with van der Waals surface area (Å²) in [6, 6.07) is 13.3. The smallest absolute Gasteiger partial charge is 0.318 e. The Balaban J connectivity index is 1.31. The molecule has 0 bridgehead atoms. The molecule has 4 amide bonds. The van der Waals surface area contributed by atoms with Gasteiger partial charge in [0.2, 0.25) is 0 Å². The van der Waals surface area contributed by atoms with Crippen LogP contribution < -0.4 is 20.9 Å². The van der Waals surface area contributed by atoms with E-state index in [1.807, 2.05) is 12.1 Å². The number of fused-ring (bicyclic) bond motifs is 1. The Morgan fingerprint density at radius 2 is 1.76 bits per heavy atom. The molecule has 4 aromatic rings. The summed E-state index contributed by atoms with van der Waals surface area (Å²) in [5, 5.41) is 14.6. The van der Waals surface area contributed by atoms with E-state index in [4.69, 9.17) is 19.5 Å². The molecular formula is C28H29N9O5. The first-order valence-corrected chi connectivity index (χ1v) is 13.4. The van der Waals surface area contributed by atoms with Gasteiger partial charge in [0.05, 0.1) is 44.1 Å². The SMILES string of the molecule is CNC(=O)Nc1ccc(-c2nc(N3CCOCC3)c3cnn(-c4ccc(C(=O)N[C@@H]5CN(OC)C5=O)cc4)c3n2)cc1. The van der Waals surface area contributed by atoms with Gasteiger partial charge < -0.3 is 25.6 Å². The Labute approximate surface area is 240 Å². The molecule has 2 fully saturated rings. The van der Waals surface area contributed by atoms with E-state index in [1.165, 1.54) is 12.2 Å². The highest BCUT2D eigenvalue weighted by molar-refractivity contribution is 5.99. The van der Waals surface area contributed by atoms with Crippen LogP contribution in [0.4, 0.5) is 16.3 Å². The van der Waals surface area contributed by atoms with Crippen molar-refractivity contribution in [2.24, 2.45) is 0 Å². The van der Waals surface area contributed by atoms with Crippen LogP contribution in [0.3, 0.4) is 0 Å². The second kappa shape index (κ2) is 11.4. The normalized spacial score (nSPS) is 16.7. The number of rotatable bonds is 7. The minimum absolute atomic E-state index is 0.283. The van der Waals surface area contributed by atoms with Gasteiger partial charge in [-0.15, -0.1) is 0 Å². The molecule has 2 aromatic carbocycles. The van der Waals surface area contributed by atoms with E-state index in [-0.39, 0.29) is 17.8 Å². The fourth-order valence-corrected chi connectivity index (χ4v) is 4.79. The van der Waals surface area contributed by atoms with Crippen molar-refractivity contribution in [3.8, 4) is 17.1 Å². The lowest BCUT2D eigenvalue weighted by Crippen LogP contribution is -2.63. The number of benzene rings is 2. The van der Waals surface area contributed by atoms with Crippen LogP contribution in [0, 0.1) is 0 Å². The highest BCUT2D eigenvalue weighted by Crippen LogP contribution is 2.30. The van der Waals surface area contributed by atoms with Gasteiger partial charge in [0.25, 0.3) is 11.8 Å². The summed E-state index contributed by atoms with van der Waals surface area (Å²) < 4.78 is 7.26. The van der Waals surface area contributed by atoms with Crippen molar-refractivity contribution in [1.82, 2.24) is 35.4 Å². The fraction of sp³-hybridized carbons (Fsp3) is 0.286. The number of amides is 4. The largest absolute Gasteiger partial charge is 0.378 e. The molecule has 0 spiro atoms. The van der Waals surface area contributed by atoms with Gasteiger partial charge in [-0.3, -0.25) is 14.4 Å². The van der Waals surface area contributed by atoms with Gasteiger partial charge in [0.1, 0.15) is 11.9 Å². The lowest BCUT2D eigenvalue weighted by Gasteiger charge is -2.35. The summed E-state index contributed by atoms with van der Waals surface area (Å²) in [6.07, 6.45) is 1.74. The zero-order valence-corrected chi connectivity index (χ0v) is 23.0. The Kier molecular flexibility index (Phi) is 7.37. The minimum Gasteiger partial charge on any atom is -0.378 e. The molecule has 3 N–H and O–H groups in total. The van der Waals surface area contributed by atoms with Gasteiger partial charge in [-0.1, -0.05) is 0 Å². The van der Waals surface area contributed by atoms with Crippen LogP contribution in [0.25, 0.3) is 28.1 Å². The monoisotopic (exact) mass is 571 g/mol. The van der Waals surface area contributed by atoms with Crippen LogP contribution in [0.15, 0.2) is 54.7 Å². The van der Waals surface area contributed by atoms with E-state index >= 15 is 0 Å². The minimum atomic E-state index is -0.602. The summed E-state index contributed by atoms with van der Waals surface area (Å²) in [4.78, 5) is 53.2. The number of urea groups is 1. The highest BCUT2D eigenvalue weighted by atomic mass is 16.7. The van der Waals surface area contributed by atoms with Gasteiger partial charge in [-0.25, -0.2) is 24.5 Å². The molecule has 0 saturated carbocycles. The molecule has 2 aliphatic heterocycles. The van der Waals surface area contributed by atoms with Crippen LogP contribution in [0.2, 0.25) is 0 Å². The maximum atomic E-state index is 12.7. The first-order chi connectivity index (χ1) is 20.4. The zero-order chi connectivity index (χ0) is 29.2. The first kappa shape index (κ1) is 27.1. The molecule has 0 aliphatic carbocycles. The Morgan fingerprint density at radius 3 is 2.43 bits per heavy atom. The van der Waals surface area contributed by atoms with Gasteiger partial charge in [0, 0.05) is 37.0 Å². The number of anilines is 2. The van der Waals surface area contributed by atoms with Crippen LogP contribution >= 0.6 is 0 Å². The maximum absolute atomic E-state index is 12.7. The molecule has 4 heterocycles. The van der Waals surface area contributed by atoms with Crippen molar-refractivity contribution >= 4 is 40.4 Å². The topological polar surface area (TPSA) is 156 Å². The third-order valence-electron chi connectivity index (χ3n) is 7.14. The van der Waals surface area contributed by atoms with Crippen molar-refractivity contribution in [3.05, 3.63) is 60.3 Å². The predicted molar refractivity (Wildman–Crippen MR) is 153 cm³/mol.